The monoisotopic (exact) mass is 429 g/mol. The molecule has 0 saturated carbocycles. The SMILES string of the molecule is Cc1cc(C(=O)NC(C)c2ccc(OCc3cccnc3)cc2)c(C)n1Cc1ccco1. The van der Waals surface area contributed by atoms with Crippen molar-refractivity contribution in [3.63, 3.8) is 0 Å². The number of nitrogens with zero attached hydrogens (tertiary/aromatic N) is 2. The zero-order valence-electron chi connectivity index (χ0n) is 18.5. The minimum atomic E-state index is -0.136. The lowest BCUT2D eigenvalue weighted by Crippen LogP contribution is -2.27. The Morgan fingerprint density at radius 1 is 1.16 bits per heavy atom. The number of hydrogen-bond acceptors (Lipinski definition) is 4. The molecule has 0 fully saturated rings. The highest BCUT2D eigenvalue weighted by molar-refractivity contribution is 5.96. The topological polar surface area (TPSA) is 69.3 Å². The lowest BCUT2D eigenvalue weighted by Gasteiger charge is -2.15. The molecule has 1 aromatic carbocycles. The maximum Gasteiger partial charge on any atom is 0.253 e. The summed E-state index contributed by atoms with van der Waals surface area (Å²) in [5.74, 6) is 1.55. The molecular formula is C26H27N3O3. The quantitative estimate of drug-likeness (QED) is 0.417. The summed E-state index contributed by atoms with van der Waals surface area (Å²) in [6, 6.07) is 17.3. The fourth-order valence-corrected chi connectivity index (χ4v) is 3.69. The van der Waals surface area contributed by atoms with Crippen LogP contribution in [-0.4, -0.2) is 15.5 Å². The molecule has 0 spiro atoms. The maximum atomic E-state index is 13.0. The Balaban J connectivity index is 1.38. The Labute approximate surface area is 187 Å². The van der Waals surface area contributed by atoms with Gasteiger partial charge in [-0.15, -0.1) is 0 Å². The average molecular weight is 430 g/mol. The summed E-state index contributed by atoms with van der Waals surface area (Å²) >= 11 is 0. The summed E-state index contributed by atoms with van der Waals surface area (Å²) in [6.45, 7) is 7.01. The molecule has 0 radical (unpaired) electrons. The molecule has 0 aliphatic carbocycles. The molecule has 4 rings (SSSR count). The zero-order chi connectivity index (χ0) is 22.5. The number of carbonyl (C=O) groups excluding carboxylic acids is 1. The molecule has 3 heterocycles. The molecule has 0 bridgehead atoms. The van der Waals surface area contributed by atoms with Crippen molar-refractivity contribution in [2.24, 2.45) is 0 Å². The van der Waals surface area contributed by atoms with Crippen LogP contribution in [0.4, 0.5) is 0 Å². The van der Waals surface area contributed by atoms with Crippen LogP contribution in [0.5, 0.6) is 5.75 Å². The molecule has 1 atom stereocenters. The van der Waals surface area contributed by atoms with E-state index in [9.17, 15) is 4.79 Å². The minimum Gasteiger partial charge on any atom is -0.489 e. The van der Waals surface area contributed by atoms with Gasteiger partial charge in [0.1, 0.15) is 18.1 Å². The van der Waals surface area contributed by atoms with Crippen LogP contribution in [-0.2, 0) is 13.2 Å². The van der Waals surface area contributed by atoms with Crippen LogP contribution in [0.15, 0.2) is 77.7 Å². The fraction of sp³-hybridized carbons (Fsp3) is 0.231. The number of nitrogens with one attached hydrogen (secondary N) is 1. The number of pyridine rings is 1. The summed E-state index contributed by atoms with van der Waals surface area (Å²) in [5, 5.41) is 3.11. The van der Waals surface area contributed by atoms with Crippen molar-refractivity contribution in [3.05, 3.63) is 107 Å². The van der Waals surface area contributed by atoms with E-state index in [0.717, 1.165) is 34.0 Å². The number of amides is 1. The van der Waals surface area contributed by atoms with Crippen molar-refractivity contribution in [2.75, 3.05) is 0 Å². The van der Waals surface area contributed by atoms with Crippen LogP contribution in [0.3, 0.4) is 0 Å². The third kappa shape index (κ3) is 4.91. The zero-order valence-corrected chi connectivity index (χ0v) is 18.5. The number of furan rings is 1. The Morgan fingerprint density at radius 2 is 1.97 bits per heavy atom. The second kappa shape index (κ2) is 9.56. The first-order valence-corrected chi connectivity index (χ1v) is 10.6. The average Bonchev–Trinajstić information content (AvgIpc) is 3.42. The van der Waals surface area contributed by atoms with Crippen molar-refractivity contribution in [1.82, 2.24) is 14.9 Å². The van der Waals surface area contributed by atoms with Gasteiger partial charge in [-0.3, -0.25) is 9.78 Å². The second-order valence-corrected chi connectivity index (χ2v) is 7.86. The van der Waals surface area contributed by atoms with Crippen LogP contribution >= 0.6 is 0 Å². The molecule has 1 amide bonds. The Hall–Kier alpha value is -3.80. The van der Waals surface area contributed by atoms with E-state index in [1.807, 2.05) is 75.4 Å². The van der Waals surface area contributed by atoms with Gasteiger partial charge in [0.05, 0.1) is 24.4 Å². The van der Waals surface area contributed by atoms with Gasteiger partial charge in [-0.25, -0.2) is 0 Å². The van der Waals surface area contributed by atoms with Gasteiger partial charge in [-0.1, -0.05) is 18.2 Å². The van der Waals surface area contributed by atoms with Crippen molar-refractivity contribution < 1.29 is 13.9 Å². The molecule has 1 N–H and O–H groups in total. The molecule has 1 unspecified atom stereocenters. The van der Waals surface area contributed by atoms with Gasteiger partial charge >= 0.3 is 0 Å². The van der Waals surface area contributed by atoms with Crippen LogP contribution < -0.4 is 10.1 Å². The summed E-state index contributed by atoms with van der Waals surface area (Å²) in [5.41, 5.74) is 4.64. The number of benzene rings is 1. The number of rotatable bonds is 8. The van der Waals surface area contributed by atoms with Gasteiger partial charge in [0.2, 0.25) is 0 Å². The largest absolute Gasteiger partial charge is 0.489 e. The number of ether oxygens (including phenoxy) is 1. The van der Waals surface area contributed by atoms with E-state index >= 15 is 0 Å². The van der Waals surface area contributed by atoms with E-state index in [0.29, 0.717) is 18.7 Å². The molecule has 0 aliphatic heterocycles. The Bertz CT molecular complexity index is 1160. The van der Waals surface area contributed by atoms with E-state index in [4.69, 9.17) is 9.15 Å². The molecule has 0 saturated heterocycles. The van der Waals surface area contributed by atoms with Gasteiger partial charge in [0.15, 0.2) is 0 Å². The van der Waals surface area contributed by atoms with Gasteiger partial charge in [-0.05, 0) is 62.7 Å². The molecule has 0 aliphatic rings. The van der Waals surface area contributed by atoms with Crippen LogP contribution in [0, 0.1) is 13.8 Å². The van der Waals surface area contributed by atoms with Crippen molar-refractivity contribution in [1.29, 1.82) is 0 Å². The van der Waals surface area contributed by atoms with Crippen LogP contribution in [0.2, 0.25) is 0 Å². The van der Waals surface area contributed by atoms with Crippen LogP contribution in [0.1, 0.15) is 51.6 Å². The number of aryl methyl sites for hydroxylation is 1. The fourth-order valence-electron chi connectivity index (χ4n) is 3.69. The summed E-state index contributed by atoms with van der Waals surface area (Å²) in [4.78, 5) is 17.1. The summed E-state index contributed by atoms with van der Waals surface area (Å²) < 4.78 is 13.4. The van der Waals surface area contributed by atoms with Gasteiger partial charge < -0.3 is 19.0 Å². The predicted octanol–water partition coefficient (Wildman–Crippen LogP) is 5.21. The molecular weight excluding hydrogens is 402 g/mol. The Kier molecular flexibility index (Phi) is 6.40. The first kappa shape index (κ1) is 21.4. The highest BCUT2D eigenvalue weighted by Gasteiger charge is 2.18. The number of aromatic nitrogens is 2. The smallest absolute Gasteiger partial charge is 0.253 e. The van der Waals surface area contributed by atoms with Crippen molar-refractivity contribution >= 4 is 5.91 Å². The van der Waals surface area contributed by atoms with Crippen molar-refractivity contribution in [2.45, 2.75) is 40.0 Å². The van der Waals surface area contributed by atoms with Gasteiger partial charge in [0.25, 0.3) is 5.91 Å². The number of hydrogen-bond donors (Lipinski definition) is 1. The van der Waals surface area contributed by atoms with E-state index in [-0.39, 0.29) is 11.9 Å². The molecule has 32 heavy (non-hydrogen) atoms. The van der Waals surface area contributed by atoms with E-state index in [2.05, 4.69) is 14.9 Å². The first-order chi connectivity index (χ1) is 15.5. The summed E-state index contributed by atoms with van der Waals surface area (Å²) in [6.07, 6.45) is 5.19. The highest BCUT2D eigenvalue weighted by Crippen LogP contribution is 2.21. The van der Waals surface area contributed by atoms with E-state index in [1.54, 1.807) is 18.7 Å². The molecule has 6 heteroatoms. The first-order valence-electron chi connectivity index (χ1n) is 10.6. The minimum absolute atomic E-state index is 0.0896. The normalized spacial score (nSPS) is 11.8. The molecule has 3 aromatic heterocycles. The standard InChI is InChI=1S/C26H27N3O3/c1-18-14-25(20(3)29(18)16-24-7-5-13-31-24)26(30)28-19(2)22-8-10-23(11-9-22)32-17-21-6-4-12-27-15-21/h4-15,19H,16-17H2,1-3H3,(H,28,30). The van der Waals surface area contributed by atoms with Crippen LogP contribution in [0.25, 0.3) is 0 Å². The maximum absolute atomic E-state index is 13.0. The molecule has 164 valence electrons. The summed E-state index contributed by atoms with van der Waals surface area (Å²) in [7, 11) is 0. The highest BCUT2D eigenvalue weighted by atomic mass is 16.5. The third-order valence-corrected chi connectivity index (χ3v) is 5.57. The van der Waals surface area contributed by atoms with E-state index in [1.165, 1.54) is 0 Å². The predicted molar refractivity (Wildman–Crippen MR) is 123 cm³/mol. The van der Waals surface area contributed by atoms with Gasteiger partial charge in [0, 0.05) is 29.3 Å². The Morgan fingerprint density at radius 3 is 2.66 bits per heavy atom. The molecule has 6 nitrogen and oxygen atoms in total. The lowest BCUT2D eigenvalue weighted by molar-refractivity contribution is 0.0939. The second-order valence-electron chi connectivity index (χ2n) is 7.86. The lowest BCUT2D eigenvalue weighted by atomic mass is 10.1. The van der Waals surface area contributed by atoms with Crippen molar-refractivity contribution in [3.8, 4) is 5.75 Å². The molecule has 4 aromatic rings. The number of carbonyl (C=O) groups is 1. The van der Waals surface area contributed by atoms with E-state index < -0.39 is 0 Å². The van der Waals surface area contributed by atoms with Gasteiger partial charge in [-0.2, -0.15) is 0 Å². The third-order valence-electron chi connectivity index (χ3n) is 5.57.